The standard InChI is InChI=1S/C17H23FN2O/c18-15-8-6-14(7-9-15)16-5-1-2-12-20(16)17(21)13-19-10-3-4-11-19/h6-9,16H,1-5,10-13H2. The van der Waals surface area contributed by atoms with Gasteiger partial charge in [-0.25, -0.2) is 4.39 Å². The van der Waals surface area contributed by atoms with Gasteiger partial charge in [0.2, 0.25) is 5.91 Å². The van der Waals surface area contributed by atoms with Crippen LogP contribution in [0.25, 0.3) is 0 Å². The molecule has 1 aromatic carbocycles. The van der Waals surface area contributed by atoms with Crippen LogP contribution < -0.4 is 0 Å². The van der Waals surface area contributed by atoms with Gasteiger partial charge in [-0.1, -0.05) is 12.1 Å². The number of piperidine rings is 1. The maximum Gasteiger partial charge on any atom is 0.237 e. The molecule has 0 N–H and O–H groups in total. The van der Waals surface area contributed by atoms with Crippen LogP contribution in [0, 0.1) is 5.82 Å². The number of likely N-dealkylation sites (tertiary alicyclic amines) is 2. The molecule has 2 aliphatic rings. The van der Waals surface area contributed by atoms with Crippen LogP contribution in [0.4, 0.5) is 4.39 Å². The fourth-order valence-electron chi connectivity index (χ4n) is 3.48. The molecule has 0 radical (unpaired) electrons. The highest BCUT2D eigenvalue weighted by Gasteiger charge is 2.29. The fourth-order valence-corrected chi connectivity index (χ4v) is 3.48. The summed E-state index contributed by atoms with van der Waals surface area (Å²) in [5, 5.41) is 0. The Morgan fingerprint density at radius 3 is 2.43 bits per heavy atom. The number of rotatable bonds is 3. The third-order valence-corrected chi connectivity index (χ3v) is 4.64. The molecule has 0 aliphatic carbocycles. The largest absolute Gasteiger partial charge is 0.335 e. The van der Waals surface area contributed by atoms with Gasteiger partial charge in [0, 0.05) is 6.54 Å². The van der Waals surface area contributed by atoms with Crippen molar-refractivity contribution in [1.82, 2.24) is 9.80 Å². The van der Waals surface area contributed by atoms with Crippen LogP contribution in [-0.2, 0) is 4.79 Å². The van der Waals surface area contributed by atoms with Gasteiger partial charge in [-0.3, -0.25) is 9.69 Å². The number of carbonyl (C=O) groups is 1. The summed E-state index contributed by atoms with van der Waals surface area (Å²) in [4.78, 5) is 16.9. The molecule has 1 unspecified atom stereocenters. The van der Waals surface area contributed by atoms with E-state index in [9.17, 15) is 9.18 Å². The lowest BCUT2D eigenvalue weighted by Gasteiger charge is -2.37. The summed E-state index contributed by atoms with van der Waals surface area (Å²) < 4.78 is 13.1. The molecule has 2 aliphatic heterocycles. The van der Waals surface area contributed by atoms with Crippen LogP contribution in [-0.4, -0.2) is 41.9 Å². The van der Waals surface area contributed by atoms with Crippen molar-refractivity contribution in [3.05, 3.63) is 35.6 Å². The molecule has 2 heterocycles. The third-order valence-electron chi connectivity index (χ3n) is 4.64. The second-order valence-electron chi connectivity index (χ2n) is 6.13. The molecule has 0 bridgehead atoms. The maximum absolute atomic E-state index is 13.1. The zero-order valence-corrected chi connectivity index (χ0v) is 12.4. The number of benzene rings is 1. The minimum atomic E-state index is -0.218. The van der Waals surface area contributed by atoms with E-state index in [1.165, 1.54) is 25.0 Å². The first kappa shape index (κ1) is 14.5. The Hall–Kier alpha value is -1.42. The number of halogens is 1. The first-order valence-corrected chi connectivity index (χ1v) is 8.01. The Morgan fingerprint density at radius 1 is 1.05 bits per heavy atom. The normalized spacial score (nSPS) is 23.5. The molecule has 2 fully saturated rings. The number of hydrogen-bond donors (Lipinski definition) is 0. The van der Waals surface area contributed by atoms with Gasteiger partial charge in [0.1, 0.15) is 5.82 Å². The molecular weight excluding hydrogens is 267 g/mol. The van der Waals surface area contributed by atoms with E-state index in [4.69, 9.17) is 0 Å². The molecule has 3 rings (SSSR count). The van der Waals surface area contributed by atoms with Gasteiger partial charge in [-0.05, 0) is 62.9 Å². The van der Waals surface area contributed by atoms with Crippen molar-refractivity contribution in [1.29, 1.82) is 0 Å². The van der Waals surface area contributed by atoms with E-state index >= 15 is 0 Å². The van der Waals surface area contributed by atoms with Gasteiger partial charge < -0.3 is 4.90 Å². The molecule has 2 saturated heterocycles. The lowest BCUT2D eigenvalue weighted by molar-refractivity contribution is -0.136. The van der Waals surface area contributed by atoms with Crippen molar-refractivity contribution in [2.24, 2.45) is 0 Å². The van der Waals surface area contributed by atoms with E-state index in [0.29, 0.717) is 6.54 Å². The number of carbonyl (C=O) groups excluding carboxylic acids is 1. The van der Waals surface area contributed by atoms with Crippen LogP contribution in [0.5, 0.6) is 0 Å². The summed E-state index contributed by atoms with van der Waals surface area (Å²) in [6.07, 6.45) is 5.60. The van der Waals surface area contributed by atoms with Crippen LogP contribution in [0.3, 0.4) is 0 Å². The topological polar surface area (TPSA) is 23.6 Å². The molecule has 21 heavy (non-hydrogen) atoms. The number of nitrogens with zero attached hydrogens (tertiary/aromatic N) is 2. The van der Waals surface area contributed by atoms with Crippen LogP contribution >= 0.6 is 0 Å². The molecule has 114 valence electrons. The van der Waals surface area contributed by atoms with Gasteiger partial charge in [0.05, 0.1) is 12.6 Å². The minimum Gasteiger partial charge on any atom is -0.335 e. The van der Waals surface area contributed by atoms with Crippen molar-refractivity contribution in [3.63, 3.8) is 0 Å². The van der Waals surface area contributed by atoms with Gasteiger partial charge >= 0.3 is 0 Å². The Labute approximate surface area is 125 Å². The molecule has 3 nitrogen and oxygen atoms in total. The monoisotopic (exact) mass is 290 g/mol. The van der Waals surface area contributed by atoms with Crippen molar-refractivity contribution >= 4 is 5.91 Å². The van der Waals surface area contributed by atoms with Gasteiger partial charge in [0.25, 0.3) is 0 Å². The molecule has 1 atom stereocenters. The highest BCUT2D eigenvalue weighted by atomic mass is 19.1. The van der Waals surface area contributed by atoms with Crippen molar-refractivity contribution in [3.8, 4) is 0 Å². The highest BCUT2D eigenvalue weighted by molar-refractivity contribution is 5.79. The highest BCUT2D eigenvalue weighted by Crippen LogP contribution is 2.31. The molecule has 0 spiro atoms. The SMILES string of the molecule is O=C(CN1CCCC1)N1CCCCC1c1ccc(F)cc1. The van der Waals surface area contributed by atoms with E-state index in [1.54, 1.807) is 0 Å². The Bertz CT molecular complexity index is 482. The molecule has 4 heteroatoms. The Balaban J connectivity index is 1.71. The molecule has 1 amide bonds. The summed E-state index contributed by atoms with van der Waals surface area (Å²) >= 11 is 0. The number of amides is 1. The summed E-state index contributed by atoms with van der Waals surface area (Å²) in [5.41, 5.74) is 1.06. The number of hydrogen-bond acceptors (Lipinski definition) is 2. The van der Waals surface area contributed by atoms with Crippen molar-refractivity contribution < 1.29 is 9.18 Å². The third kappa shape index (κ3) is 3.43. The minimum absolute atomic E-state index is 0.120. The van der Waals surface area contributed by atoms with Crippen LogP contribution in [0.15, 0.2) is 24.3 Å². The quantitative estimate of drug-likeness (QED) is 0.854. The zero-order valence-electron chi connectivity index (χ0n) is 12.4. The summed E-state index contributed by atoms with van der Waals surface area (Å²) in [6, 6.07) is 6.75. The average molecular weight is 290 g/mol. The predicted octanol–water partition coefficient (Wildman–Crippen LogP) is 2.98. The predicted molar refractivity (Wildman–Crippen MR) is 80.4 cm³/mol. The van der Waals surface area contributed by atoms with Gasteiger partial charge in [-0.15, -0.1) is 0 Å². The Morgan fingerprint density at radius 2 is 1.71 bits per heavy atom. The first-order chi connectivity index (χ1) is 10.2. The second-order valence-corrected chi connectivity index (χ2v) is 6.13. The Kier molecular flexibility index (Phi) is 4.54. The molecule has 0 saturated carbocycles. The lowest BCUT2D eigenvalue weighted by Crippen LogP contribution is -2.43. The smallest absolute Gasteiger partial charge is 0.237 e. The maximum atomic E-state index is 13.1. The van der Waals surface area contributed by atoms with Crippen LogP contribution in [0.2, 0.25) is 0 Å². The summed E-state index contributed by atoms with van der Waals surface area (Å²) in [6.45, 7) is 3.45. The summed E-state index contributed by atoms with van der Waals surface area (Å²) in [7, 11) is 0. The van der Waals surface area contributed by atoms with Crippen molar-refractivity contribution in [2.45, 2.75) is 38.1 Å². The molecule has 1 aromatic rings. The molecular formula is C17H23FN2O. The van der Waals surface area contributed by atoms with E-state index in [2.05, 4.69) is 4.90 Å². The first-order valence-electron chi connectivity index (χ1n) is 8.01. The van der Waals surface area contributed by atoms with Gasteiger partial charge in [-0.2, -0.15) is 0 Å². The van der Waals surface area contributed by atoms with E-state index in [1.807, 2.05) is 17.0 Å². The fraction of sp³-hybridized carbons (Fsp3) is 0.588. The van der Waals surface area contributed by atoms with Gasteiger partial charge in [0.15, 0.2) is 0 Å². The summed E-state index contributed by atoms with van der Waals surface area (Å²) in [5.74, 6) is 0.00966. The van der Waals surface area contributed by atoms with E-state index in [-0.39, 0.29) is 17.8 Å². The zero-order chi connectivity index (χ0) is 14.7. The van der Waals surface area contributed by atoms with E-state index in [0.717, 1.165) is 44.5 Å². The van der Waals surface area contributed by atoms with E-state index < -0.39 is 0 Å². The average Bonchev–Trinajstić information content (AvgIpc) is 3.01. The van der Waals surface area contributed by atoms with Crippen molar-refractivity contribution in [2.75, 3.05) is 26.2 Å². The second kappa shape index (κ2) is 6.56. The van der Waals surface area contributed by atoms with Crippen LogP contribution in [0.1, 0.15) is 43.7 Å². The molecule has 0 aromatic heterocycles. The lowest BCUT2D eigenvalue weighted by atomic mass is 9.95.